The highest BCUT2D eigenvalue weighted by Crippen LogP contribution is 2.25. The van der Waals surface area contributed by atoms with Crippen molar-refractivity contribution >= 4 is 54.9 Å². The van der Waals surface area contributed by atoms with E-state index in [9.17, 15) is 4.21 Å². The maximum absolute atomic E-state index is 11.7. The summed E-state index contributed by atoms with van der Waals surface area (Å²) in [6, 6.07) is 5.30. The first kappa shape index (κ1) is 16.2. The van der Waals surface area contributed by atoms with Gasteiger partial charge < -0.3 is 5.32 Å². The van der Waals surface area contributed by atoms with E-state index in [2.05, 4.69) is 40.6 Å². The summed E-state index contributed by atoms with van der Waals surface area (Å²) < 4.78 is 16.5. The monoisotopic (exact) mass is 387 g/mol. The second-order valence-electron chi connectivity index (χ2n) is 4.33. The summed E-state index contributed by atoms with van der Waals surface area (Å²) in [6.45, 7) is 0. The average Bonchev–Trinajstić information content (AvgIpc) is 2.40. The fourth-order valence-corrected chi connectivity index (χ4v) is 2.61. The molecular formula is C12H14BrN5OS2. The minimum atomic E-state index is -2.24. The molecule has 1 N–H and O–H groups in total. The highest BCUT2D eigenvalue weighted by molar-refractivity contribution is 9.10. The summed E-state index contributed by atoms with van der Waals surface area (Å²) >= 11 is 4.84. The fourth-order valence-electron chi connectivity index (χ4n) is 1.43. The molecule has 0 amide bonds. The lowest BCUT2D eigenvalue weighted by Crippen LogP contribution is -1.99. The van der Waals surface area contributed by atoms with E-state index in [1.165, 1.54) is 11.8 Å². The van der Waals surface area contributed by atoms with Gasteiger partial charge in [-0.15, -0.1) is 0 Å². The van der Waals surface area contributed by atoms with Crippen LogP contribution >= 0.6 is 27.7 Å². The standard InChI is InChI=1S/C12H14BrN5OS2/c1-20-12-14-7-8(13)11(17-12)16-9-5-4-6-10(15-9)18-21(2,3)19/h4-7H,1-3H3,(H,14,15,16,17). The molecule has 2 heterocycles. The van der Waals surface area contributed by atoms with Crippen LogP contribution in [0.1, 0.15) is 0 Å². The van der Waals surface area contributed by atoms with Crippen LogP contribution < -0.4 is 5.32 Å². The molecule has 0 fully saturated rings. The highest BCUT2D eigenvalue weighted by Gasteiger charge is 2.06. The smallest absolute Gasteiger partial charge is 0.189 e. The van der Waals surface area contributed by atoms with Gasteiger partial charge in [-0.25, -0.2) is 19.2 Å². The zero-order valence-corrected chi connectivity index (χ0v) is 14.9. The molecule has 0 unspecified atom stereocenters. The number of nitrogens with zero attached hydrogens (tertiary/aromatic N) is 4. The zero-order valence-electron chi connectivity index (χ0n) is 11.7. The number of hydrogen-bond donors (Lipinski definition) is 1. The van der Waals surface area contributed by atoms with Crippen LogP contribution in [0.5, 0.6) is 0 Å². The average molecular weight is 388 g/mol. The van der Waals surface area contributed by atoms with E-state index in [4.69, 9.17) is 0 Å². The lowest BCUT2D eigenvalue weighted by Gasteiger charge is -2.08. The van der Waals surface area contributed by atoms with E-state index in [0.29, 0.717) is 22.6 Å². The third-order valence-electron chi connectivity index (χ3n) is 2.20. The van der Waals surface area contributed by atoms with Crippen molar-refractivity contribution in [1.82, 2.24) is 15.0 Å². The van der Waals surface area contributed by atoms with Crippen molar-refractivity contribution in [1.29, 1.82) is 0 Å². The molecule has 0 saturated heterocycles. The maximum Gasteiger partial charge on any atom is 0.189 e. The molecule has 2 aromatic rings. The van der Waals surface area contributed by atoms with Gasteiger partial charge in [-0.2, -0.15) is 4.36 Å². The second-order valence-corrected chi connectivity index (χ2v) is 8.50. The van der Waals surface area contributed by atoms with E-state index in [0.717, 1.165) is 4.47 Å². The first-order valence-corrected chi connectivity index (χ1v) is 10.2. The molecule has 0 spiro atoms. The molecule has 2 rings (SSSR count). The number of thioether (sulfide) groups is 1. The van der Waals surface area contributed by atoms with Gasteiger partial charge in [-0.3, -0.25) is 0 Å². The Balaban J connectivity index is 2.32. The predicted octanol–water partition coefficient (Wildman–Crippen LogP) is 3.46. The normalized spacial score (nSPS) is 11.2. The van der Waals surface area contributed by atoms with Gasteiger partial charge in [0.25, 0.3) is 0 Å². The molecule has 9 heteroatoms. The summed E-state index contributed by atoms with van der Waals surface area (Å²) in [4.78, 5) is 12.8. The molecule has 0 radical (unpaired) electrons. The van der Waals surface area contributed by atoms with Crippen LogP contribution in [0.15, 0.2) is 38.4 Å². The lowest BCUT2D eigenvalue weighted by atomic mass is 10.4. The van der Waals surface area contributed by atoms with E-state index in [-0.39, 0.29) is 0 Å². The zero-order chi connectivity index (χ0) is 15.5. The number of hydrogen-bond acceptors (Lipinski definition) is 7. The van der Waals surface area contributed by atoms with Gasteiger partial charge in [0.05, 0.1) is 4.47 Å². The molecule has 0 saturated carbocycles. The van der Waals surface area contributed by atoms with Crippen molar-refractivity contribution in [3.8, 4) is 0 Å². The molecule has 0 aliphatic rings. The highest BCUT2D eigenvalue weighted by atomic mass is 79.9. The van der Waals surface area contributed by atoms with Gasteiger partial charge in [0.2, 0.25) is 0 Å². The molecule has 2 aromatic heterocycles. The number of aromatic nitrogens is 3. The lowest BCUT2D eigenvalue weighted by molar-refractivity contribution is 0.684. The van der Waals surface area contributed by atoms with Crippen LogP contribution in [0.25, 0.3) is 0 Å². The second kappa shape index (κ2) is 6.71. The topological polar surface area (TPSA) is 80.1 Å². The fraction of sp³-hybridized carbons (Fsp3) is 0.250. The molecule has 0 aliphatic carbocycles. The summed E-state index contributed by atoms with van der Waals surface area (Å²) in [7, 11) is -2.24. The van der Waals surface area contributed by atoms with Gasteiger partial charge >= 0.3 is 0 Å². The number of pyridine rings is 1. The number of nitrogens with one attached hydrogen (secondary N) is 1. The summed E-state index contributed by atoms with van der Waals surface area (Å²) in [5, 5.41) is 3.76. The number of halogens is 1. The van der Waals surface area contributed by atoms with Crippen LogP contribution in [-0.2, 0) is 9.73 Å². The summed E-state index contributed by atoms with van der Waals surface area (Å²) in [6.07, 6.45) is 6.73. The first-order chi connectivity index (χ1) is 9.87. The van der Waals surface area contributed by atoms with Crippen LogP contribution in [0.4, 0.5) is 17.5 Å². The Morgan fingerprint density at radius 2 is 2.10 bits per heavy atom. The summed E-state index contributed by atoms with van der Waals surface area (Å²) in [5.74, 6) is 1.62. The van der Waals surface area contributed by atoms with Gasteiger partial charge in [0, 0.05) is 28.4 Å². The predicted molar refractivity (Wildman–Crippen MR) is 91.1 cm³/mol. The molecule has 0 aliphatic heterocycles. The van der Waals surface area contributed by atoms with Crippen molar-refractivity contribution in [3.63, 3.8) is 0 Å². The van der Waals surface area contributed by atoms with E-state index in [1.807, 2.05) is 6.26 Å². The van der Waals surface area contributed by atoms with Gasteiger partial charge in [0.1, 0.15) is 5.82 Å². The Morgan fingerprint density at radius 1 is 1.33 bits per heavy atom. The Bertz CT molecular complexity index is 766. The third kappa shape index (κ3) is 4.94. The van der Waals surface area contributed by atoms with E-state index < -0.39 is 9.73 Å². The van der Waals surface area contributed by atoms with Crippen molar-refractivity contribution < 1.29 is 4.21 Å². The quantitative estimate of drug-likeness (QED) is 0.638. The number of anilines is 2. The molecule has 112 valence electrons. The van der Waals surface area contributed by atoms with Crippen LogP contribution in [0.3, 0.4) is 0 Å². The Hall–Kier alpha value is -1.19. The van der Waals surface area contributed by atoms with Crippen LogP contribution in [0.2, 0.25) is 0 Å². The molecule has 0 bridgehead atoms. The van der Waals surface area contributed by atoms with Crippen LogP contribution in [-0.4, -0.2) is 37.9 Å². The van der Waals surface area contributed by atoms with Gasteiger partial charge in [-0.1, -0.05) is 17.8 Å². The Morgan fingerprint density at radius 3 is 2.76 bits per heavy atom. The Labute approximate surface area is 136 Å². The molecule has 21 heavy (non-hydrogen) atoms. The Kier molecular flexibility index (Phi) is 5.17. The van der Waals surface area contributed by atoms with E-state index in [1.54, 1.807) is 36.9 Å². The molecule has 6 nitrogen and oxygen atoms in total. The minimum absolute atomic E-state index is 0.422. The van der Waals surface area contributed by atoms with E-state index >= 15 is 0 Å². The maximum atomic E-state index is 11.7. The van der Waals surface area contributed by atoms with Crippen LogP contribution in [0, 0.1) is 0 Å². The SMILES string of the molecule is CSc1ncc(Br)c(Nc2cccc(N=S(C)(C)=O)n2)n1. The third-order valence-corrected chi connectivity index (χ3v) is 3.97. The molecule has 0 aromatic carbocycles. The van der Waals surface area contributed by atoms with Crippen molar-refractivity contribution in [2.45, 2.75) is 5.16 Å². The summed E-state index contributed by atoms with van der Waals surface area (Å²) in [5.41, 5.74) is 0. The largest absolute Gasteiger partial charge is 0.324 e. The van der Waals surface area contributed by atoms with Crippen molar-refractivity contribution in [2.75, 3.05) is 24.1 Å². The van der Waals surface area contributed by atoms with Crippen molar-refractivity contribution in [2.24, 2.45) is 4.36 Å². The van der Waals surface area contributed by atoms with Gasteiger partial charge in [0.15, 0.2) is 16.8 Å². The number of rotatable bonds is 4. The minimum Gasteiger partial charge on any atom is -0.324 e. The first-order valence-electron chi connectivity index (χ1n) is 5.85. The van der Waals surface area contributed by atoms with Crippen molar-refractivity contribution in [3.05, 3.63) is 28.9 Å². The van der Waals surface area contributed by atoms with Gasteiger partial charge in [-0.05, 0) is 34.3 Å². The molecular weight excluding hydrogens is 374 g/mol. The molecule has 0 atom stereocenters.